The summed E-state index contributed by atoms with van der Waals surface area (Å²) in [5.41, 5.74) is 2.79. The van der Waals surface area contributed by atoms with Gasteiger partial charge >= 0.3 is 0 Å². The van der Waals surface area contributed by atoms with Gasteiger partial charge in [-0.3, -0.25) is 0 Å². The SMILES string of the molecule is CCC(C)c1ccc(NC2CC3CCC2C3)cc1. The van der Waals surface area contributed by atoms with Crippen molar-refractivity contribution in [2.24, 2.45) is 11.8 Å². The quantitative estimate of drug-likeness (QED) is 0.801. The summed E-state index contributed by atoms with van der Waals surface area (Å²) < 4.78 is 0. The summed E-state index contributed by atoms with van der Waals surface area (Å²) in [4.78, 5) is 0. The Balaban J connectivity index is 1.63. The molecule has 0 heterocycles. The molecule has 0 radical (unpaired) electrons. The molecule has 1 aromatic carbocycles. The van der Waals surface area contributed by atoms with E-state index in [4.69, 9.17) is 0 Å². The zero-order valence-electron chi connectivity index (χ0n) is 11.7. The van der Waals surface area contributed by atoms with Crippen LogP contribution < -0.4 is 5.32 Å². The molecule has 1 nitrogen and oxygen atoms in total. The lowest BCUT2D eigenvalue weighted by Crippen LogP contribution is -2.25. The highest BCUT2D eigenvalue weighted by Gasteiger charge is 2.39. The third-order valence-electron chi connectivity index (χ3n) is 5.18. The number of hydrogen-bond donors (Lipinski definition) is 1. The summed E-state index contributed by atoms with van der Waals surface area (Å²) in [6.07, 6.45) is 7.03. The Morgan fingerprint density at radius 2 is 1.94 bits per heavy atom. The topological polar surface area (TPSA) is 12.0 Å². The molecule has 98 valence electrons. The van der Waals surface area contributed by atoms with Gasteiger partial charge in [-0.25, -0.2) is 0 Å². The van der Waals surface area contributed by atoms with Crippen LogP contribution in [0.4, 0.5) is 5.69 Å². The first kappa shape index (κ1) is 12.1. The van der Waals surface area contributed by atoms with Crippen LogP contribution in [0.2, 0.25) is 0 Å². The van der Waals surface area contributed by atoms with Crippen LogP contribution in [-0.2, 0) is 0 Å². The van der Waals surface area contributed by atoms with Crippen LogP contribution >= 0.6 is 0 Å². The first-order chi connectivity index (χ1) is 8.76. The summed E-state index contributed by atoms with van der Waals surface area (Å²) in [6, 6.07) is 9.88. The number of rotatable bonds is 4. The van der Waals surface area contributed by atoms with Crippen LogP contribution in [0, 0.1) is 11.8 Å². The third-order valence-corrected chi connectivity index (χ3v) is 5.18. The Kier molecular flexibility index (Phi) is 3.32. The van der Waals surface area contributed by atoms with E-state index in [9.17, 15) is 0 Å². The van der Waals surface area contributed by atoms with Crippen molar-refractivity contribution in [1.82, 2.24) is 0 Å². The molecule has 0 aromatic heterocycles. The van der Waals surface area contributed by atoms with Gasteiger partial charge in [0.15, 0.2) is 0 Å². The minimum atomic E-state index is 0.682. The van der Waals surface area contributed by atoms with Gasteiger partial charge in [0.2, 0.25) is 0 Å². The van der Waals surface area contributed by atoms with Crippen LogP contribution in [-0.4, -0.2) is 6.04 Å². The predicted octanol–water partition coefficient (Wildman–Crippen LogP) is 4.80. The summed E-state index contributed by atoms with van der Waals surface area (Å²) in [6.45, 7) is 4.56. The maximum atomic E-state index is 3.76. The minimum Gasteiger partial charge on any atom is -0.382 e. The van der Waals surface area contributed by atoms with Crippen LogP contribution in [0.3, 0.4) is 0 Å². The van der Waals surface area contributed by atoms with Gasteiger partial charge in [-0.2, -0.15) is 0 Å². The average molecular weight is 243 g/mol. The summed E-state index contributed by atoms with van der Waals surface area (Å²) in [7, 11) is 0. The molecule has 2 bridgehead atoms. The van der Waals surface area contributed by atoms with E-state index in [2.05, 4.69) is 43.4 Å². The largest absolute Gasteiger partial charge is 0.382 e. The zero-order valence-corrected chi connectivity index (χ0v) is 11.7. The second kappa shape index (κ2) is 4.95. The van der Waals surface area contributed by atoms with Crippen LogP contribution in [0.1, 0.15) is 57.4 Å². The summed E-state index contributed by atoms with van der Waals surface area (Å²) in [5, 5.41) is 3.76. The van der Waals surface area contributed by atoms with Gasteiger partial charge < -0.3 is 5.32 Å². The van der Waals surface area contributed by atoms with Gasteiger partial charge in [0.25, 0.3) is 0 Å². The highest BCUT2D eigenvalue weighted by atomic mass is 14.9. The molecule has 0 spiro atoms. The van der Waals surface area contributed by atoms with Gasteiger partial charge in [0, 0.05) is 11.7 Å². The van der Waals surface area contributed by atoms with E-state index in [1.54, 1.807) is 0 Å². The van der Waals surface area contributed by atoms with Crippen LogP contribution in [0.25, 0.3) is 0 Å². The summed E-state index contributed by atoms with van der Waals surface area (Å²) >= 11 is 0. The molecule has 0 saturated heterocycles. The second-order valence-electron chi connectivity index (χ2n) is 6.36. The molecular formula is C17H25N. The maximum Gasteiger partial charge on any atom is 0.0342 e. The highest BCUT2D eigenvalue weighted by Crippen LogP contribution is 2.45. The predicted molar refractivity (Wildman–Crippen MR) is 78.0 cm³/mol. The monoisotopic (exact) mass is 243 g/mol. The molecule has 0 amide bonds. The Hall–Kier alpha value is -0.980. The minimum absolute atomic E-state index is 0.682. The highest BCUT2D eigenvalue weighted by molar-refractivity contribution is 5.46. The number of nitrogens with one attached hydrogen (secondary N) is 1. The molecule has 1 aromatic rings. The second-order valence-corrected chi connectivity index (χ2v) is 6.36. The number of fused-ring (bicyclic) bond motifs is 2. The lowest BCUT2D eigenvalue weighted by molar-refractivity contribution is 0.440. The number of anilines is 1. The lowest BCUT2D eigenvalue weighted by Gasteiger charge is -2.24. The van der Waals surface area contributed by atoms with Gasteiger partial charge in [-0.1, -0.05) is 32.4 Å². The van der Waals surface area contributed by atoms with Gasteiger partial charge in [-0.15, -0.1) is 0 Å². The average Bonchev–Trinajstić information content (AvgIpc) is 3.01. The Labute approximate surface area is 111 Å². The van der Waals surface area contributed by atoms with E-state index < -0.39 is 0 Å². The Morgan fingerprint density at radius 1 is 1.17 bits per heavy atom. The van der Waals surface area contributed by atoms with Crippen molar-refractivity contribution >= 4 is 5.69 Å². The van der Waals surface area contributed by atoms with E-state index in [-0.39, 0.29) is 0 Å². The molecule has 2 aliphatic carbocycles. The number of benzene rings is 1. The molecule has 4 atom stereocenters. The van der Waals surface area contributed by atoms with Crippen molar-refractivity contribution in [2.45, 2.75) is 57.9 Å². The van der Waals surface area contributed by atoms with Gasteiger partial charge in [-0.05, 0) is 61.1 Å². The lowest BCUT2D eigenvalue weighted by atomic mass is 9.94. The van der Waals surface area contributed by atoms with Crippen LogP contribution in [0.5, 0.6) is 0 Å². The molecule has 3 rings (SSSR count). The molecular weight excluding hydrogens is 218 g/mol. The molecule has 18 heavy (non-hydrogen) atoms. The molecule has 0 aliphatic heterocycles. The van der Waals surface area contributed by atoms with E-state index in [1.807, 2.05) is 0 Å². The molecule has 1 N–H and O–H groups in total. The van der Waals surface area contributed by atoms with Crippen molar-refractivity contribution < 1.29 is 0 Å². The fourth-order valence-electron chi connectivity index (χ4n) is 3.78. The van der Waals surface area contributed by atoms with E-state index in [1.165, 1.54) is 43.4 Å². The standard InChI is InChI=1S/C17H25N/c1-3-12(2)14-6-8-16(9-7-14)18-17-11-13-4-5-15(17)10-13/h6-9,12-13,15,17-18H,3-5,10-11H2,1-2H3. The zero-order chi connectivity index (χ0) is 12.5. The Bertz CT molecular complexity index is 395. The van der Waals surface area contributed by atoms with Crippen molar-refractivity contribution in [2.75, 3.05) is 5.32 Å². The number of hydrogen-bond acceptors (Lipinski definition) is 1. The van der Waals surface area contributed by atoms with E-state index >= 15 is 0 Å². The van der Waals surface area contributed by atoms with Crippen molar-refractivity contribution in [3.05, 3.63) is 29.8 Å². The Morgan fingerprint density at radius 3 is 2.50 bits per heavy atom. The molecule has 1 heteroatoms. The summed E-state index contributed by atoms with van der Waals surface area (Å²) in [5.74, 6) is 2.65. The molecule has 2 saturated carbocycles. The fourth-order valence-corrected chi connectivity index (χ4v) is 3.78. The van der Waals surface area contributed by atoms with Gasteiger partial charge in [0.05, 0.1) is 0 Å². The fraction of sp³-hybridized carbons (Fsp3) is 0.647. The van der Waals surface area contributed by atoms with E-state index in [0.29, 0.717) is 5.92 Å². The first-order valence-corrected chi connectivity index (χ1v) is 7.62. The van der Waals surface area contributed by atoms with Crippen molar-refractivity contribution in [1.29, 1.82) is 0 Å². The molecule has 2 aliphatic rings. The third kappa shape index (κ3) is 2.28. The van der Waals surface area contributed by atoms with E-state index in [0.717, 1.165) is 17.9 Å². The first-order valence-electron chi connectivity index (χ1n) is 7.62. The smallest absolute Gasteiger partial charge is 0.0342 e. The molecule has 2 fully saturated rings. The molecule has 4 unspecified atom stereocenters. The van der Waals surface area contributed by atoms with Crippen molar-refractivity contribution in [3.8, 4) is 0 Å². The van der Waals surface area contributed by atoms with Gasteiger partial charge in [0.1, 0.15) is 0 Å². The normalized spacial score (nSPS) is 31.6. The van der Waals surface area contributed by atoms with Crippen molar-refractivity contribution in [3.63, 3.8) is 0 Å². The van der Waals surface area contributed by atoms with Crippen LogP contribution in [0.15, 0.2) is 24.3 Å². The maximum absolute atomic E-state index is 3.76.